The fourth-order valence-electron chi connectivity index (χ4n) is 9.09. The average molecular weight is 733 g/mol. The van der Waals surface area contributed by atoms with Crippen molar-refractivity contribution < 1.29 is 0 Å². The molecule has 56 heavy (non-hydrogen) atoms. The van der Waals surface area contributed by atoms with E-state index in [0.717, 1.165) is 34.1 Å². The summed E-state index contributed by atoms with van der Waals surface area (Å²) in [4.78, 5) is 7.31. The first-order valence-electron chi connectivity index (χ1n) is 19.2. The van der Waals surface area contributed by atoms with E-state index in [1.54, 1.807) is 0 Å². The second-order valence-corrected chi connectivity index (χ2v) is 15.6. The van der Waals surface area contributed by atoms with E-state index < -0.39 is 5.41 Å². The van der Waals surface area contributed by atoms with Crippen LogP contribution in [0, 0.1) is 0 Å². The van der Waals surface area contributed by atoms with Crippen molar-refractivity contribution in [2.75, 3.05) is 9.80 Å². The van der Waals surface area contributed by atoms with Crippen molar-refractivity contribution in [3.63, 3.8) is 0 Å². The maximum atomic E-state index is 2.47. The van der Waals surface area contributed by atoms with Gasteiger partial charge in [-0.1, -0.05) is 145 Å². The summed E-state index contributed by atoms with van der Waals surface area (Å²) in [5.74, 6) is 0. The highest BCUT2D eigenvalue weighted by atomic mass is 32.2. The SMILES string of the molecule is c1ccc(N(c2ccccc2)c2ccc3c(c2)Sc2cc4ccccc4cc2C32c3ccccc3-c3ccc(N(c4ccccc4)c4ccccc4)cc32)cc1. The number of rotatable bonds is 6. The van der Waals surface area contributed by atoms with Crippen LogP contribution in [-0.2, 0) is 5.41 Å². The predicted molar refractivity (Wildman–Crippen MR) is 235 cm³/mol. The summed E-state index contributed by atoms with van der Waals surface area (Å²) < 4.78 is 0. The molecule has 9 aromatic carbocycles. The van der Waals surface area contributed by atoms with Gasteiger partial charge in [-0.05, 0) is 129 Å². The van der Waals surface area contributed by atoms with Crippen molar-refractivity contribution in [2.24, 2.45) is 0 Å². The van der Waals surface area contributed by atoms with E-state index in [0.29, 0.717) is 0 Å². The highest BCUT2D eigenvalue weighted by Crippen LogP contribution is 2.63. The fourth-order valence-corrected chi connectivity index (χ4v) is 10.3. The van der Waals surface area contributed by atoms with Crippen molar-refractivity contribution in [3.8, 4) is 11.1 Å². The van der Waals surface area contributed by atoms with Crippen LogP contribution in [0.2, 0.25) is 0 Å². The Kier molecular flexibility index (Phi) is 7.68. The largest absolute Gasteiger partial charge is 0.310 e. The van der Waals surface area contributed by atoms with Crippen molar-refractivity contribution in [1.29, 1.82) is 0 Å². The number of para-hydroxylation sites is 4. The Morgan fingerprint density at radius 2 is 0.732 bits per heavy atom. The van der Waals surface area contributed by atoms with Gasteiger partial charge in [0.25, 0.3) is 0 Å². The van der Waals surface area contributed by atoms with Gasteiger partial charge in [-0.15, -0.1) is 0 Å². The van der Waals surface area contributed by atoms with Gasteiger partial charge in [-0.2, -0.15) is 0 Å². The topological polar surface area (TPSA) is 6.48 Å². The third-order valence-corrected chi connectivity index (χ3v) is 12.6. The van der Waals surface area contributed by atoms with E-state index in [1.165, 1.54) is 53.9 Å². The van der Waals surface area contributed by atoms with Crippen LogP contribution in [0.1, 0.15) is 22.3 Å². The maximum Gasteiger partial charge on any atom is 0.0736 e. The summed E-state index contributed by atoms with van der Waals surface area (Å²) in [6.45, 7) is 0. The van der Waals surface area contributed by atoms with Gasteiger partial charge in [0.2, 0.25) is 0 Å². The van der Waals surface area contributed by atoms with E-state index in [4.69, 9.17) is 0 Å². The first-order valence-corrected chi connectivity index (χ1v) is 20.0. The molecule has 0 N–H and O–H groups in total. The highest BCUT2D eigenvalue weighted by molar-refractivity contribution is 7.99. The normalized spacial score (nSPS) is 14.8. The predicted octanol–water partition coefficient (Wildman–Crippen LogP) is 14.6. The minimum absolute atomic E-state index is 0.552. The van der Waals surface area contributed by atoms with Gasteiger partial charge in [0, 0.05) is 43.9 Å². The maximum absolute atomic E-state index is 2.47. The second-order valence-electron chi connectivity index (χ2n) is 14.5. The molecular weight excluding hydrogens is 697 g/mol. The van der Waals surface area contributed by atoms with Crippen LogP contribution in [0.25, 0.3) is 21.9 Å². The van der Waals surface area contributed by atoms with E-state index in [-0.39, 0.29) is 0 Å². The van der Waals surface area contributed by atoms with Gasteiger partial charge >= 0.3 is 0 Å². The second kappa shape index (κ2) is 13.2. The number of nitrogens with zero attached hydrogens (tertiary/aromatic N) is 2. The first kappa shape index (κ1) is 32.6. The molecule has 1 aliphatic heterocycles. The van der Waals surface area contributed by atoms with Crippen LogP contribution in [0.15, 0.2) is 228 Å². The Labute approximate surface area is 332 Å². The molecule has 0 fully saturated rings. The van der Waals surface area contributed by atoms with E-state index >= 15 is 0 Å². The summed E-state index contributed by atoms with van der Waals surface area (Å²) in [7, 11) is 0. The number of hydrogen-bond donors (Lipinski definition) is 0. The number of hydrogen-bond acceptors (Lipinski definition) is 3. The Balaban J connectivity index is 1.20. The standard InChI is InChI=1S/C53H36N2S/c1-5-19-39(20-6-1)54(40-21-7-2-8-22-40)43-29-31-46-45-27-15-16-28-47(45)53(49(46)35-43)48-32-30-44(55(41-23-9-3-10-24-41)42-25-11-4-12-26-42)36-52(48)56-51-34-38-18-14-13-17-37(38)33-50(51)53/h1-36H. The van der Waals surface area contributed by atoms with Gasteiger partial charge < -0.3 is 9.80 Å². The zero-order chi connectivity index (χ0) is 37.1. The molecule has 9 aromatic rings. The minimum Gasteiger partial charge on any atom is -0.310 e. The molecule has 0 saturated carbocycles. The van der Waals surface area contributed by atoms with E-state index in [9.17, 15) is 0 Å². The first-order chi connectivity index (χ1) is 27.8. The zero-order valence-electron chi connectivity index (χ0n) is 30.6. The van der Waals surface area contributed by atoms with Crippen molar-refractivity contribution in [3.05, 3.63) is 241 Å². The lowest BCUT2D eigenvalue weighted by molar-refractivity contribution is 0.724. The molecule has 0 amide bonds. The molecule has 0 radical (unpaired) electrons. The fraction of sp³-hybridized carbons (Fsp3) is 0.0189. The molecule has 2 nitrogen and oxygen atoms in total. The van der Waals surface area contributed by atoms with Gasteiger partial charge in [0.05, 0.1) is 5.41 Å². The Bertz CT molecular complexity index is 2810. The monoisotopic (exact) mass is 732 g/mol. The minimum atomic E-state index is -0.552. The third kappa shape index (κ3) is 5.05. The summed E-state index contributed by atoms with van der Waals surface area (Å²) in [5.41, 5.74) is 14.1. The van der Waals surface area contributed by atoms with Crippen molar-refractivity contribution in [2.45, 2.75) is 15.2 Å². The molecule has 0 aromatic heterocycles. The van der Waals surface area contributed by atoms with Crippen LogP contribution in [0.3, 0.4) is 0 Å². The van der Waals surface area contributed by atoms with Crippen LogP contribution >= 0.6 is 11.8 Å². The lowest BCUT2D eigenvalue weighted by Gasteiger charge is -2.41. The number of fused-ring (bicyclic) bond motifs is 10. The number of benzene rings is 9. The molecule has 264 valence electrons. The van der Waals surface area contributed by atoms with Gasteiger partial charge in [0.1, 0.15) is 0 Å². The van der Waals surface area contributed by atoms with Crippen LogP contribution in [0.5, 0.6) is 0 Å². The third-order valence-electron chi connectivity index (χ3n) is 11.4. The molecule has 1 spiro atoms. The molecule has 1 atom stereocenters. The van der Waals surface area contributed by atoms with Gasteiger partial charge in [-0.25, -0.2) is 0 Å². The molecule has 11 rings (SSSR count). The lowest BCUT2D eigenvalue weighted by Crippen LogP contribution is -2.32. The number of anilines is 6. The Morgan fingerprint density at radius 1 is 0.286 bits per heavy atom. The smallest absolute Gasteiger partial charge is 0.0736 e. The average Bonchev–Trinajstić information content (AvgIpc) is 3.55. The molecule has 0 saturated heterocycles. The van der Waals surface area contributed by atoms with Crippen LogP contribution < -0.4 is 9.80 Å². The quantitative estimate of drug-likeness (QED) is 0.168. The molecule has 1 aliphatic carbocycles. The van der Waals surface area contributed by atoms with Gasteiger partial charge in [-0.3, -0.25) is 0 Å². The Hall–Kier alpha value is -6.81. The summed E-state index contributed by atoms with van der Waals surface area (Å²) in [6.07, 6.45) is 0. The summed E-state index contributed by atoms with van der Waals surface area (Å²) in [6, 6.07) is 80.0. The highest BCUT2D eigenvalue weighted by Gasteiger charge is 2.50. The summed E-state index contributed by atoms with van der Waals surface area (Å²) >= 11 is 1.90. The molecular formula is C53H36N2S. The van der Waals surface area contributed by atoms with E-state index in [2.05, 4.69) is 228 Å². The van der Waals surface area contributed by atoms with Crippen molar-refractivity contribution in [1.82, 2.24) is 0 Å². The Morgan fingerprint density at radius 3 is 1.32 bits per heavy atom. The molecule has 3 heteroatoms. The van der Waals surface area contributed by atoms with Crippen molar-refractivity contribution >= 4 is 56.7 Å². The zero-order valence-corrected chi connectivity index (χ0v) is 31.4. The molecule has 1 heterocycles. The lowest BCUT2D eigenvalue weighted by atomic mass is 9.67. The van der Waals surface area contributed by atoms with Crippen LogP contribution in [-0.4, -0.2) is 0 Å². The van der Waals surface area contributed by atoms with E-state index in [1.807, 2.05) is 11.8 Å². The summed E-state index contributed by atoms with van der Waals surface area (Å²) in [5, 5.41) is 2.51. The molecule has 0 bridgehead atoms. The van der Waals surface area contributed by atoms with Crippen LogP contribution in [0.4, 0.5) is 34.1 Å². The van der Waals surface area contributed by atoms with Gasteiger partial charge in [0.15, 0.2) is 0 Å². The molecule has 1 unspecified atom stereocenters. The molecule has 2 aliphatic rings.